The number of aromatic nitrogens is 4. The highest BCUT2D eigenvalue weighted by molar-refractivity contribution is 7.89. The molecule has 6 heterocycles. The van der Waals surface area contributed by atoms with Gasteiger partial charge in [0.15, 0.2) is 12.0 Å². The van der Waals surface area contributed by atoms with Crippen LogP contribution in [-0.2, 0) is 10.0 Å². The minimum absolute atomic E-state index is 0.0148. The van der Waals surface area contributed by atoms with Crippen LogP contribution in [0.5, 0.6) is 5.88 Å². The Balaban J connectivity index is 1.43. The van der Waals surface area contributed by atoms with Crippen LogP contribution in [0.3, 0.4) is 0 Å². The molecule has 3 aliphatic rings. The summed E-state index contributed by atoms with van der Waals surface area (Å²) >= 11 is 0. The topological polar surface area (TPSA) is 134 Å². The van der Waals surface area contributed by atoms with E-state index >= 15 is 0 Å². The standard InChI is InChI=1S/C27H34N8O4S/c1-26(2,3)16-39-22-11-12-34(31-22)20-10-9-18-24(30-20)33-15-17(13-27(33,4)5)29-21-14-28-19-7-6-8-23(35(19)21)40(37,38)32-25(18)36/h6-12,17,21,29H,13-16H2,1-5H3,(H,32,36)/p+1. The number of sulfonamides is 1. The zero-order valence-corrected chi connectivity index (χ0v) is 24.1. The summed E-state index contributed by atoms with van der Waals surface area (Å²) in [4.78, 5) is 20.6. The predicted molar refractivity (Wildman–Crippen MR) is 148 cm³/mol. The van der Waals surface area contributed by atoms with Crippen molar-refractivity contribution in [2.45, 2.75) is 63.8 Å². The summed E-state index contributed by atoms with van der Waals surface area (Å²) in [5.41, 5.74) is -0.214. The quantitative estimate of drug-likeness (QED) is 0.406. The second-order valence-corrected chi connectivity index (χ2v) is 14.1. The number of pyridine rings is 2. The highest BCUT2D eigenvalue weighted by Crippen LogP contribution is 2.36. The van der Waals surface area contributed by atoms with E-state index in [1.54, 1.807) is 39.7 Å². The van der Waals surface area contributed by atoms with Gasteiger partial charge in [0.2, 0.25) is 10.9 Å². The molecular formula is C27H35N8O4S+. The van der Waals surface area contributed by atoms with Gasteiger partial charge in [0.25, 0.3) is 11.7 Å². The zero-order valence-electron chi connectivity index (χ0n) is 23.3. The molecule has 3 N–H and O–H groups in total. The number of carbonyl (C=O) groups excluding carboxylic acids is 1. The molecule has 13 heteroatoms. The fourth-order valence-corrected chi connectivity index (χ4v) is 6.79. The molecular weight excluding hydrogens is 532 g/mol. The lowest BCUT2D eigenvalue weighted by atomic mass is 9.99. The van der Waals surface area contributed by atoms with E-state index in [9.17, 15) is 13.2 Å². The Morgan fingerprint density at radius 3 is 2.75 bits per heavy atom. The van der Waals surface area contributed by atoms with E-state index in [1.807, 2.05) is 6.07 Å². The molecule has 1 amide bonds. The van der Waals surface area contributed by atoms with E-state index in [0.29, 0.717) is 43.0 Å². The van der Waals surface area contributed by atoms with Gasteiger partial charge in [0.1, 0.15) is 12.4 Å². The number of ether oxygens (including phenoxy) is 1. The summed E-state index contributed by atoms with van der Waals surface area (Å²) in [6.07, 6.45) is 2.23. The molecule has 0 saturated carbocycles. The monoisotopic (exact) mass is 567 g/mol. The molecule has 0 radical (unpaired) electrons. The predicted octanol–water partition coefficient (Wildman–Crippen LogP) is 1.98. The number of nitrogens with one attached hydrogen (secondary N) is 3. The number of anilines is 2. The first-order valence-corrected chi connectivity index (χ1v) is 14.9. The average Bonchev–Trinajstić information content (AvgIpc) is 3.58. The van der Waals surface area contributed by atoms with Gasteiger partial charge in [-0.3, -0.25) is 15.4 Å². The highest BCUT2D eigenvalue weighted by Gasteiger charge is 2.45. The van der Waals surface area contributed by atoms with Crippen LogP contribution in [0, 0.1) is 5.41 Å². The molecule has 0 spiro atoms. The van der Waals surface area contributed by atoms with Crippen molar-refractivity contribution >= 4 is 27.6 Å². The number of carbonyl (C=O) groups is 1. The maximum atomic E-state index is 13.6. The Hall–Kier alpha value is -3.71. The lowest BCUT2D eigenvalue weighted by Gasteiger charge is -2.33. The largest absolute Gasteiger partial charge is 0.476 e. The maximum absolute atomic E-state index is 13.6. The van der Waals surface area contributed by atoms with Crippen LogP contribution in [0.1, 0.15) is 57.6 Å². The van der Waals surface area contributed by atoms with Gasteiger partial charge in [0.05, 0.1) is 12.2 Å². The molecule has 12 nitrogen and oxygen atoms in total. The fourth-order valence-electron chi connectivity index (χ4n) is 5.59. The summed E-state index contributed by atoms with van der Waals surface area (Å²) in [6.45, 7) is 12.1. The van der Waals surface area contributed by atoms with Gasteiger partial charge < -0.3 is 9.64 Å². The summed E-state index contributed by atoms with van der Waals surface area (Å²) in [7, 11) is -4.19. The molecule has 6 rings (SSSR count). The Kier molecular flexibility index (Phi) is 6.07. The lowest BCUT2D eigenvalue weighted by Crippen LogP contribution is -2.54. The zero-order chi connectivity index (χ0) is 28.4. The molecule has 3 aliphatic heterocycles. The Morgan fingerprint density at radius 1 is 1.18 bits per heavy atom. The first-order chi connectivity index (χ1) is 18.8. The van der Waals surface area contributed by atoms with Crippen LogP contribution in [0.25, 0.3) is 5.82 Å². The van der Waals surface area contributed by atoms with Crippen LogP contribution < -0.4 is 29.6 Å². The second kappa shape index (κ2) is 9.16. The molecule has 2 unspecified atom stereocenters. The summed E-state index contributed by atoms with van der Waals surface area (Å²) in [5.74, 6) is 1.30. The number of hydrogen-bond donors (Lipinski definition) is 3. The number of amides is 1. The molecule has 3 aromatic rings. The van der Waals surface area contributed by atoms with E-state index < -0.39 is 15.9 Å². The van der Waals surface area contributed by atoms with Gasteiger partial charge in [-0.1, -0.05) is 20.8 Å². The third-order valence-corrected chi connectivity index (χ3v) is 8.74. The SMILES string of the molecule is CC(C)(C)COc1ccn(-c2ccc3c(n2)N2CC(CC2(C)C)NC2CNc4cccc([n+]42)S(=O)(=O)NC3=O)n1. The number of fused-ring (bicyclic) bond motifs is 4. The van der Waals surface area contributed by atoms with Crippen molar-refractivity contribution in [3.63, 3.8) is 0 Å². The molecule has 0 aliphatic carbocycles. The highest BCUT2D eigenvalue weighted by atomic mass is 32.2. The minimum atomic E-state index is -4.19. The van der Waals surface area contributed by atoms with Crippen LogP contribution in [-0.4, -0.2) is 60.4 Å². The first-order valence-electron chi connectivity index (χ1n) is 13.4. The Morgan fingerprint density at radius 2 is 1.98 bits per heavy atom. The number of rotatable bonds is 3. The molecule has 1 saturated heterocycles. The summed E-state index contributed by atoms with van der Waals surface area (Å²) < 4.78 is 38.5. The maximum Gasteiger partial charge on any atom is 0.301 e. The van der Waals surface area contributed by atoms with Gasteiger partial charge in [-0.2, -0.15) is 13.0 Å². The third-order valence-electron chi connectivity index (χ3n) is 7.40. The second-order valence-electron chi connectivity index (χ2n) is 12.4. The van der Waals surface area contributed by atoms with Crippen molar-refractivity contribution in [3.8, 4) is 11.7 Å². The van der Waals surface area contributed by atoms with Crippen molar-refractivity contribution in [2.24, 2.45) is 5.41 Å². The Labute approximate surface area is 233 Å². The normalized spacial score (nSPS) is 22.8. The molecule has 1 fully saturated rings. The van der Waals surface area contributed by atoms with Gasteiger partial charge in [-0.05, 0) is 49.9 Å². The van der Waals surface area contributed by atoms with Crippen molar-refractivity contribution in [2.75, 3.05) is 29.9 Å². The van der Waals surface area contributed by atoms with E-state index in [0.717, 1.165) is 6.42 Å². The van der Waals surface area contributed by atoms with Crippen molar-refractivity contribution in [1.82, 2.24) is 24.8 Å². The van der Waals surface area contributed by atoms with Gasteiger partial charge in [0, 0.05) is 36.5 Å². The van der Waals surface area contributed by atoms with Crippen molar-refractivity contribution < 1.29 is 22.5 Å². The average molecular weight is 568 g/mol. The number of hydrogen-bond acceptors (Lipinski definition) is 9. The smallest absolute Gasteiger partial charge is 0.301 e. The number of nitrogens with zero attached hydrogens (tertiary/aromatic N) is 5. The third kappa shape index (κ3) is 4.77. The first kappa shape index (κ1) is 26.5. The summed E-state index contributed by atoms with van der Waals surface area (Å²) in [6, 6.07) is 10.1. The molecule has 2 atom stereocenters. The molecule has 212 valence electrons. The molecule has 40 heavy (non-hydrogen) atoms. The summed E-state index contributed by atoms with van der Waals surface area (Å²) in [5, 5.41) is 11.5. The van der Waals surface area contributed by atoms with Crippen LogP contribution in [0.15, 0.2) is 47.6 Å². The van der Waals surface area contributed by atoms with Gasteiger partial charge in [-0.25, -0.2) is 14.4 Å². The molecule has 3 aromatic heterocycles. The fraction of sp³-hybridized carbons (Fsp3) is 0.481. The van der Waals surface area contributed by atoms with E-state index in [4.69, 9.17) is 9.72 Å². The van der Waals surface area contributed by atoms with Crippen molar-refractivity contribution in [1.29, 1.82) is 0 Å². The minimum Gasteiger partial charge on any atom is -0.476 e. The van der Waals surface area contributed by atoms with Crippen LogP contribution in [0.2, 0.25) is 0 Å². The van der Waals surface area contributed by atoms with Crippen LogP contribution in [0.4, 0.5) is 11.6 Å². The van der Waals surface area contributed by atoms with E-state index in [-0.39, 0.29) is 33.8 Å². The Bertz CT molecular complexity index is 1590. The van der Waals surface area contributed by atoms with Crippen molar-refractivity contribution in [3.05, 3.63) is 48.2 Å². The van der Waals surface area contributed by atoms with Gasteiger partial charge >= 0.3 is 10.0 Å². The van der Waals surface area contributed by atoms with Crippen LogP contribution >= 0.6 is 0 Å². The van der Waals surface area contributed by atoms with Gasteiger partial charge in [-0.15, -0.1) is 5.10 Å². The molecule has 2 bridgehead atoms. The van der Waals surface area contributed by atoms with E-state index in [1.165, 1.54) is 6.07 Å². The lowest BCUT2D eigenvalue weighted by molar-refractivity contribution is -0.738. The van der Waals surface area contributed by atoms with E-state index in [2.05, 4.69) is 60.0 Å². The molecule has 0 aromatic carbocycles.